The number of hydrogen-bond acceptors (Lipinski definition) is 4. The molecule has 0 bridgehead atoms. The van der Waals surface area contributed by atoms with Crippen LogP contribution in [0.2, 0.25) is 0 Å². The van der Waals surface area contributed by atoms with E-state index in [1.807, 2.05) is 18.4 Å². The van der Waals surface area contributed by atoms with E-state index in [0.29, 0.717) is 5.54 Å². The summed E-state index contributed by atoms with van der Waals surface area (Å²) in [5.74, 6) is 3.50. The maximum absolute atomic E-state index is 4.43. The minimum absolute atomic E-state index is 0. The van der Waals surface area contributed by atoms with Gasteiger partial charge < -0.3 is 10.6 Å². The smallest absolute Gasteiger partial charge is 0.191 e. The van der Waals surface area contributed by atoms with E-state index in [4.69, 9.17) is 0 Å². The van der Waals surface area contributed by atoms with E-state index in [0.717, 1.165) is 19.0 Å². The Morgan fingerprint density at radius 3 is 2.56 bits per heavy atom. The molecule has 0 aromatic carbocycles. The van der Waals surface area contributed by atoms with Crippen LogP contribution in [0.5, 0.6) is 0 Å². The highest BCUT2D eigenvalue weighted by atomic mass is 127. The van der Waals surface area contributed by atoms with Crippen molar-refractivity contribution < 1.29 is 0 Å². The molecule has 2 aliphatic rings. The molecule has 2 heterocycles. The first-order valence-electron chi connectivity index (χ1n) is 9.04. The van der Waals surface area contributed by atoms with Crippen LogP contribution in [0.3, 0.4) is 0 Å². The molecule has 1 saturated carbocycles. The van der Waals surface area contributed by atoms with Gasteiger partial charge in [0.05, 0.1) is 6.54 Å². The number of aryl methyl sites for hydroxylation is 1. The van der Waals surface area contributed by atoms with Gasteiger partial charge in [-0.1, -0.05) is 12.8 Å². The second kappa shape index (κ2) is 10.4. The summed E-state index contributed by atoms with van der Waals surface area (Å²) in [6, 6.07) is 2.18. The van der Waals surface area contributed by atoms with Crippen molar-refractivity contribution in [3.05, 3.63) is 21.9 Å². The zero-order valence-electron chi connectivity index (χ0n) is 15.3. The number of aliphatic imine (C=N–C) groups is 1. The Labute approximate surface area is 177 Å². The van der Waals surface area contributed by atoms with E-state index in [2.05, 4.69) is 50.7 Å². The Balaban J connectivity index is 0.00000225. The molecule has 2 fully saturated rings. The van der Waals surface area contributed by atoms with Gasteiger partial charge in [0.2, 0.25) is 0 Å². The van der Waals surface area contributed by atoms with Crippen LogP contribution in [0.1, 0.15) is 36.1 Å². The lowest BCUT2D eigenvalue weighted by molar-refractivity contribution is 0.107. The third-order valence-electron chi connectivity index (χ3n) is 5.41. The Kier molecular flexibility index (Phi) is 8.84. The average Bonchev–Trinajstić information content (AvgIpc) is 3.26. The molecule has 1 aliphatic heterocycles. The fourth-order valence-electron chi connectivity index (χ4n) is 3.89. The fourth-order valence-corrected chi connectivity index (χ4v) is 5.64. The summed E-state index contributed by atoms with van der Waals surface area (Å²) in [5.41, 5.74) is 1.71. The van der Waals surface area contributed by atoms with Crippen molar-refractivity contribution >= 4 is 53.0 Å². The molecule has 142 valence electrons. The number of guanidine groups is 1. The molecule has 0 spiro atoms. The highest BCUT2D eigenvalue weighted by Crippen LogP contribution is 2.36. The summed E-state index contributed by atoms with van der Waals surface area (Å²) in [5, 5.41) is 9.27. The lowest BCUT2D eigenvalue weighted by Gasteiger charge is -2.43. The highest BCUT2D eigenvalue weighted by molar-refractivity contribution is 14.0. The second-order valence-corrected chi connectivity index (χ2v) is 9.06. The quantitative estimate of drug-likeness (QED) is 0.372. The van der Waals surface area contributed by atoms with Crippen molar-refractivity contribution in [1.29, 1.82) is 0 Å². The van der Waals surface area contributed by atoms with Crippen LogP contribution in [0.15, 0.2) is 16.4 Å². The zero-order valence-corrected chi connectivity index (χ0v) is 19.3. The minimum Gasteiger partial charge on any atom is -0.355 e. The molecule has 1 saturated heterocycles. The largest absolute Gasteiger partial charge is 0.355 e. The molecule has 25 heavy (non-hydrogen) atoms. The van der Waals surface area contributed by atoms with Gasteiger partial charge in [0.25, 0.3) is 0 Å². The summed E-state index contributed by atoms with van der Waals surface area (Å²) < 4.78 is 0. The Hall–Kier alpha value is 0.01000. The molecule has 3 rings (SSSR count). The number of nitrogens with zero attached hydrogens (tertiary/aromatic N) is 2. The van der Waals surface area contributed by atoms with Gasteiger partial charge in [-0.25, -0.2) is 0 Å². The predicted molar refractivity (Wildman–Crippen MR) is 123 cm³/mol. The monoisotopic (exact) mass is 494 g/mol. The number of nitrogens with one attached hydrogen (secondary N) is 2. The van der Waals surface area contributed by atoms with Crippen LogP contribution in [0.25, 0.3) is 0 Å². The van der Waals surface area contributed by atoms with Crippen LogP contribution in [0.4, 0.5) is 0 Å². The van der Waals surface area contributed by atoms with E-state index in [1.54, 1.807) is 0 Å². The van der Waals surface area contributed by atoms with Gasteiger partial charge in [-0.15, -0.1) is 35.3 Å². The molecule has 4 nitrogen and oxygen atoms in total. The summed E-state index contributed by atoms with van der Waals surface area (Å²) in [6.07, 6.45) is 5.38. The normalized spacial score (nSPS) is 21.0. The molecule has 2 N–H and O–H groups in total. The van der Waals surface area contributed by atoms with E-state index in [-0.39, 0.29) is 24.0 Å². The third kappa shape index (κ3) is 5.49. The van der Waals surface area contributed by atoms with Gasteiger partial charge in [0.1, 0.15) is 0 Å². The summed E-state index contributed by atoms with van der Waals surface area (Å²) in [4.78, 5) is 8.57. The van der Waals surface area contributed by atoms with Crippen LogP contribution in [-0.4, -0.2) is 54.6 Å². The molecule has 0 amide bonds. The molecule has 1 aliphatic carbocycles. The van der Waals surface area contributed by atoms with Crippen LogP contribution in [0, 0.1) is 6.92 Å². The first-order chi connectivity index (χ1) is 11.7. The molecule has 0 atom stereocenters. The Morgan fingerprint density at radius 1 is 1.24 bits per heavy atom. The maximum atomic E-state index is 4.43. The summed E-state index contributed by atoms with van der Waals surface area (Å²) >= 11 is 3.91. The predicted octanol–water partition coefficient (Wildman–Crippen LogP) is 3.70. The number of halogens is 1. The summed E-state index contributed by atoms with van der Waals surface area (Å²) in [6.45, 7) is 6.53. The summed E-state index contributed by atoms with van der Waals surface area (Å²) in [7, 11) is 1.87. The molecular weight excluding hydrogens is 463 g/mol. The minimum atomic E-state index is 0. The molecule has 1 aromatic rings. The molecule has 7 heteroatoms. The van der Waals surface area contributed by atoms with E-state index in [1.165, 1.54) is 60.7 Å². The lowest BCUT2D eigenvalue weighted by atomic mass is 9.94. The first-order valence-corrected chi connectivity index (χ1v) is 11.1. The Bertz CT molecular complexity index is 549. The third-order valence-corrected chi connectivity index (χ3v) is 7.37. The van der Waals surface area contributed by atoms with Crippen LogP contribution in [-0.2, 0) is 6.54 Å². The van der Waals surface area contributed by atoms with Crippen molar-refractivity contribution in [2.24, 2.45) is 4.99 Å². The van der Waals surface area contributed by atoms with Crippen LogP contribution < -0.4 is 10.6 Å². The highest BCUT2D eigenvalue weighted by Gasteiger charge is 2.39. The molecular formula is C18H31IN4S2. The van der Waals surface area contributed by atoms with Gasteiger partial charge in [-0.3, -0.25) is 9.89 Å². The lowest BCUT2D eigenvalue weighted by Crippen LogP contribution is -2.57. The van der Waals surface area contributed by atoms with Gasteiger partial charge >= 0.3 is 0 Å². The average molecular weight is 495 g/mol. The molecule has 0 radical (unpaired) electrons. The SMILES string of the molecule is CN=C(NCc1sccc1C)NCC1(N2CCSCC2)CCCC1.I. The van der Waals surface area contributed by atoms with Gasteiger partial charge in [-0.2, -0.15) is 11.8 Å². The number of thioether (sulfide) groups is 1. The second-order valence-electron chi connectivity index (χ2n) is 6.84. The maximum Gasteiger partial charge on any atom is 0.191 e. The fraction of sp³-hybridized carbons (Fsp3) is 0.722. The van der Waals surface area contributed by atoms with Gasteiger partial charge in [-0.05, 0) is 36.8 Å². The Morgan fingerprint density at radius 2 is 1.96 bits per heavy atom. The van der Waals surface area contributed by atoms with Gasteiger partial charge in [0.15, 0.2) is 5.96 Å². The molecule has 1 aromatic heterocycles. The van der Waals surface area contributed by atoms with Crippen molar-refractivity contribution in [3.63, 3.8) is 0 Å². The van der Waals surface area contributed by atoms with Crippen molar-refractivity contribution in [2.45, 2.75) is 44.7 Å². The zero-order chi connectivity index (χ0) is 16.8. The van der Waals surface area contributed by atoms with E-state index in [9.17, 15) is 0 Å². The standard InChI is InChI=1S/C18H30N4S2.HI/c1-15-5-10-24-16(15)13-20-17(19-2)21-14-18(6-3-4-7-18)22-8-11-23-12-9-22;/h5,10H,3-4,6-9,11-14H2,1-2H3,(H2,19,20,21);1H. The molecule has 0 unspecified atom stereocenters. The van der Waals surface area contributed by atoms with E-state index >= 15 is 0 Å². The number of hydrogen-bond donors (Lipinski definition) is 2. The van der Waals surface area contributed by atoms with E-state index < -0.39 is 0 Å². The first kappa shape index (κ1) is 21.3. The van der Waals surface area contributed by atoms with Gasteiger partial charge in [0, 0.05) is 48.6 Å². The van der Waals surface area contributed by atoms with Crippen LogP contribution >= 0.6 is 47.1 Å². The van der Waals surface area contributed by atoms with Crippen molar-refractivity contribution in [1.82, 2.24) is 15.5 Å². The number of thiophene rings is 1. The number of rotatable bonds is 5. The topological polar surface area (TPSA) is 39.7 Å². The van der Waals surface area contributed by atoms with Crippen molar-refractivity contribution in [2.75, 3.05) is 38.2 Å². The van der Waals surface area contributed by atoms with Crippen molar-refractivity contribution in [3.8, 4) is 0 Å².